The summed E-state index contributed by atoms with van der Waals surface area (Å²) in [5.41, 5.74) is 1.68. The van der Waals surface area contributed by atoms with Gasteiger partial charge in [0.15, 0.2) is 0 Å². The molecule has 0 saturated heterocycles. The zero-order valence-corrected chi connectivity index (χ0v) is 14.8. The molecular formula is C18H22N2O5. The number of hydrogen-bond acceptors (Lipinski definition) is 5. The fourth-order valence-electron chi connectivity index (χ4n) is 2.87. The maximum atomic E-state index is 12.8. The number of hydrogen-bond donors (Lipinski definition) is 0. The molecule has 1 unspecified atom stereocenters. The van der Waals surface area contributed by atoms with Crippen molar-refractivity contribution < 1.29 is 23.9 Å². The number of esters is 2. The molecule has 0 fully saturated rings. The molecule has 1 aliphatic heterocycles. The molecule has 1 aromatic rings. The van der Waals surface area contributed by atoms with Crippen LogP contribution in [0.5, 0.6) is 0 Å². The number of ether oxygens (including phenoxy) is 2. The number of carbonyl (C=O) groups excluding carboxylic acids is 3. The van der Waals surface area contributed by atoms with Gasteiger partial charge in [0.1, 0.15) is 0 Å². The number of methoxy groups -OCH3 is 2. The highest BCUT2D eigenvalue weighted by molar-refractivity contribution is 5.95. The molecule has 1 atom stereocenters. The van der Waals surface area contributed by atoms with Crippen molar-refractivity contribution in [3.8, 4) is 0 Å². The largest absolute Gasteiger partial charge is 0.469 e. The zero-order chi connectivity index (χ0) is 18.6. The van der Waals surface area contributed by atoms with E-state index in [1.54, 1.807) is 14.0 Å². The number of benzene rings is 1. The van der Waals surface area contributed by atoms with Gasteiger partial charge in [-0.3, -0.25) is 4.79 Å². The topological polar surface area (TPSA) is 76.2 Å². The molecule has 0 saturated carbocycles. The quantitative estimate of drug-likeness (QED) is 0.763. The Kier molecular flexibility index (Phi) is 5.80. The van der Waals surface area contributed by atoms with Crippen LogP contribution in [0.2, 0.25) is 0 Å². The average Bonchev–Trinajstić information content (AvgIpc) is 2.64. The van der Waals surface area contributed by atoms with Gasteiger partial charge in [-0.25, -0.2) is 9.59 Å². The second-order valence-corrected chi connectivity index (χ2v) is 5.67. The summed E-state index contributed by atoms with van der Waals surface area (Å²) in [5.74, 6) is -0.929. The lowest BCUT2D eigenvalue weighted by Crippen LogP contribution is -2.49. The van der Waals surface area contributed by atoms with Crippen LogP contribution in [0.1, 0.15) is 24.9 Å². The minimum atomic E-state index is -0.623. The van der Waals surface area contributed by atoms with Crippen molar-refractivity contribution in [1.29, 1.82) is 0 Å². The van der Waals surface area contributed by atoms with Crippen LogP contribution in [0.4, 0.5) is 4.79 Å². The number of allylic oxidation sites excluding steroid dienone is 1. The van der Waals surface area contributed by atoms with Gasteiger partial charge in [-0.2, -0.15) is 0 Å². The molecule has 1 aliphatic rings. The fourth-order valence-corrected chi connectivity index (χ4v) is 2.87. The van der Waals surface area contributed by atoms with Crippen LogP contribution in [-0.2, 0) is 19.1 Å². The lowest BCUT2D eigenvalue weighted by atomic mass is 9.93. The maximum absolute atomic E-state index is 12.8. The van der Waals surface area contributed by atoms with E-state index >= 15 is 0 Å². The number of nitrogens with zero attached hydrogens (tertiary/aromatic N) is 2. The molecule has 1 heterocycles. The van der Waals surface area contributed by atoms with Crippen molar-refractivity contribution in [2.45, 2.75) is 19.4 Å². The van der Waals surface area contributed by atoms with Gasteiger partial charge in [-0.15, -0.1) is 0 Å². The molecule has 0 spiro atoms. The molecule has 0 N–H and O–H groups in total. The Bertz CT molecular complexity index is 699. The van der Waals surface area contributed by atoms with E-state index in [0.29, 0.717) is 11.3 Å². The van der Waals surface area contributed by atoms with E-state index in [2.05, 4.69) is 4.74 Å². The second kappa shape index (κ2) is 7.83. The number of rotatable bonds is 5. The molecule has 2 amide bonds. The highest BCUT2D eigenvalue weighted by Gasteiger charge is 2.40. The van der Waals surface area contributed by atoms with Crippen molar-refractivity contribution in [2.24, 2.45) is 0 Å². The van der Waals surface area contributed by atoms with E-state index in [1.165, 1.54) is 24.0 Å². The standard InChI is InChI=1S/C18H22N2O5/c1-12-15(17(22)25-4)16(13-8-6-5-7-9-13)20(18(23)19(12)2)11-10-14(21)24-3/h5-9,16H,10-11H2,1-4H3. The SMILES string of the molecule is COC(=O)CCN1C(=O)N(C)C(C)=C(C(=O)OC)C1c1ccccc1. The second-order valence-electron chi connectivity index (χ2n) is 5.67. The molecule has 0 aliphatic carbocycles. The molecule has 2 rings (SSSR count). The zero-order valence-electron chi connectivity index (χ0n) is 14.8. The third-order valence-electron chi connectivity index (χ3n) is 4.32. The van der Waals surface area contributed by atoms with Crippen LogP contribution in [0.3, 0.4) is 0 Å². The summed E-state index contributed by atoms with van der Waals surface area (Å²) in [6.45, 7) is 1.83. The first-order valence-corrected chi connectivity index (χ1v) is 7.87. The highest BCUT2D eigenvalue weighted by Crippen LogP contribution is 2.37. The number of urea groups is 1. The van der Waals surface area contributed by atoms with E-state index in [0.717, 1.165) is 5.56 Å². The third kappa shape index (κ3) is 3.65. The minimum Gasteiger partial charge on any atom is -0.469 e. The molecular weight excluding hydrogens is 324 g/mol. The maximum Gasteiger partial charge on any atom is 0.337 e. The van der Waals surface area contributed by atoms with Gasteiger partial charge in [0, 0.05) is 19.3 Å². The summed E-state index contributed by atoms with van der Waals surface area (Å²) >= 11 is 0. The normalized spacial score (nSPS) is 17.6. The average molecular weight is 346 g/mol. The molecule has 0 bridgehead atoms. The van der Waals surface area contributed by atoms with E-state index < -0.39 is 18.0 Å². The van der Waals surface area contributed by atoms with Gasteiger partial charge >= 0.3 is 18.0 Å². The first-order chi connectivity index (χ1) is 11.9. The fraction of sp³-hybridized carbons (Fsp3) is 0.389. The monoisotopic (exact) mass is 346 g/mol. The van der Waals surface area contributed by atoms with Gasteiger partial charge in [0.2, 0.25) is 0 Å². The van der Waals surface area contributed by atoms with Crippen molar-refractivity contribution >= 4 is 18.0 Å². The summed E-state index contributed by atoms with van der Waals surface area (Å²) in [7, 11) is 4.19. The van der Waals surface area contributed by atoms with Crippen LogP contribution in [-0.4, -0.2) is 55.6 Å². The molecule has 7 nitrogen and oxygen atoms in total. The molecule has 25 heavy (non-hydrogen) atoms. The smallest absolute Gasteiger partial charge is 0.337 e. The third-order valence-corrected chi connectivity index (χ3v) is 4.32. The summed E-state index contributed by atoms with van der Waals surface area (Å²) in [4.78, 5) is 39.6. The Hall–Kier alpha value is -2.83. The van der Waals surface area contributed by atoms with E-state index in [9.17, 15) is 14.4 Å². The van der Waals surface area contributed by atoms with Gasteiger partial charge in [0.05, 0.1) is 32.3 Å². The molecule has 1 aromatic carbocycles. The van der Waals surface area contributed by atoms with Crippen LogP contribution >= 0.6 is 0 Å². The lowest BCUT2D eigenvalue weighted by molar-refractivity contribution is -0.140. The molecule has 0 aromatic heterocycles. The Morgan fingerprint density at radius 2 is 1.76 bits per heavy atom. The van der Waals surface area contributed by atoms with Crippen molar-refractivity contribution in [3.63, 3.8) is 0 Å². The predicted octanol–water partition coefficient (Wildman–Crippen LogP) is 2.11. The van der Waals surface area contributed by atoms with Gasteiger partial charge in [-0.1, -0.05) is 30.3 Å². The molecule has 134 valence electrons. The van der Waals surface area contributed by atoms with Crippen LogP contribution in [0.15, 0.2) is 41.6 Å². The summed E-state index contributed by atoms with van der Waals surface area (Å²) in [6, 6.07) is 8.29. The lowest BCUT2D eigenvalue weighted by Gasteiger charge is -2.41. The summed E-state index contributed by atoms with van der Waals surface area (Å²) in [6.07, 6.45) is 0.0346. The Morgan fingerprint density at radius 3 is 2.32 bits per heavy atom. The summed E-state index contributed by atoms with van der Waals surface area (Å²) < 4.78 is 9.60. The Labute approximate surface area is 146 Å². The Morgan fingerprint density at radius 1 is 1.12 bits per heavy atom. The van der Waals surface area contributed by atoms with Crippen LogP contribution in [0, 0.1) is 0 Å². The molecule has 7 heteroatoms. The first-order valence-electron chi connectivity index (χ1n) is 7.87. The first kappa shape index (κ1) is 18.5. The number of amides is 2. The van der Waals surface area contributed by atoms with Gasteiger partial charge in [-0.05, 0) is 12.5 Å². The van der Waals surface area contributed by atoms with Crippen molar-refractivity contribution in [3.05, 3.63) is 47.2 Å². The van der Waals surface area contributed by atoms with Crippen molar-refractivity contribution in [1.82, 2.24) is 9.80 Å². The predicted molar refractivity (Wildman–Crippen MR) is 90.4 cm³/mol. The van der Waals surface area contributed by atoms with E-state index in [4.69, 9.17) is 4.74 Å². The number of carbonyl (C=O) groups is 3. The van der Waals surface area contributed by atoms with Crippen molar-refractivity contribution in [2.75, 3.05) is 27.8 Å². The summed E-state index contributed by atoms with van der Waals surface area (Å²) in [5, 5.41) is 0. The minimum absolute atomic E-state index is 0.0346. The van der Waals surface area contributed by atoms with Gasteiger partial charge in [0.25, 0.3) is 0 Å². The molecule has 0 radical (unpaired) electrons. The van der Waals surface area contributed by atoms with Crippen LogP contribution < -0.4 is 0 Å². The van der Waals surface area contributed by atoms with Crippen LogP contribution in [0.25, 0.3) is 0 Å². The van der Waals surface area contributed by atoms with E-state index in [-0.39, 0.29) is 19.0 Å². The Balaban J connectivity index is 2.53. The highest BCUT2D eigenvalue weighted by atomic mass is 16.5. The van der Waals surface area contributed by atoms with Gasteiger partial charge < -0.3 is 19.3 Å². The van der Waals surface area contributed by atoms with E-state index in [1.807, 2.05) is 30.3 Å².